The van der Waals surface area contributed by atoms with Crippen LogP contribution in [-0.4, -0.2) is 40.4 Å². The van der Waals surface area contributed by atoms with Crippen molar-refractivity contribution in [3.8, 4) is 17.7 Å². The molecule has 0 bridgehead atoms. The summed E-state index contributed by atoms with van der Waals surface area (Å²) in [5.41, 5.74) is 1.29. The van der Waals surface area contributed by atoms with Gasteiger partial charge in [0.15, 0.2) is 12.0 Å². The summed E-state index contributed by atoms with van der Waals surface area (Å²) in [7, 11) is 1.32. The Kier molecular flexibility index (Phi) is 5.67. The van der Waals surface area contributed by atoms with Gasteiger partial charge in [-0.3, -0.25) is 9.69 Å². The van der Waals surface area contributed by atoms with Crippen molar-refractivity contribution in [2.24, 2.45) is 10.4 Å². The Morgan fingerprint density at radius 3 is 2.50 bits per heavy atom. The van der Waals surface area contributed by atoms with Gasteiger partial charge in [0.2, 0.25) is 0 Å². The molecule has 2 heterocycles. The van der Waals surface area contributed by atoms with Gasteiger partial charge in [0.05, 0.1) is 29.3 Å². The molecule has 0 amide bonds. The molecule has 0 aliphatic carbocycles. The molecule has 1 aliphatic heterocycles. The number of carbonyl (C=O) groups is 2. The number of aromatic nitrogens is 1. The van der Waals surface area contributed by atoms with Gasteiger partial charge in [-0.25, -0.2) is 9.79 Å². The molecule has 8 nitrogen and oxygen atoms in total. The van der Waals surface area contributed by atoms with Gasteiger partial charge >= 0.3 is 11.9 Å². The van der Waals surface area contributed by atoms with Crippen molar-refractivity contribution in [1.29, 1.82) is 0 Å². The van der Waals surface area contributed by atoms with E-state index in [1.807, 2.05) is 0 Å². The van der Waals surface area contributed by atoms with E-state index in [2.05, 4.69) is 26.7 Å². The molecule has 1 atom stereocenters. The molecule has 30 heavy (non-hydrogen) atoms. The van der Waals surface area contributed by atoms with Gasteiger partial charge in [-0.15, -0.1) is 0 Å². The predicted molar refractivity (Wildman–Crippen MR) is 110 cm³/mol. The number of carbonyl (C=O) groups excluding carboxylic acids is 2. The van der Waals surface area contributed by atoms with Crippen LogP contribution in [0, 0.1) is 24.3 Å². The number of hydrogen-bond donors (Lipinski definition) is 2. The molecule has 3 rings (SSSR count). The lowest BCUT2D eigenvalue weighted by Gasteiger charge is -2.24. The Morgan fingerprint density at radius 2 is 1.90 bits per heavy atom. The second-order valence-corrected chi connectivity index (χ2v) is 7.81. The number of rotatable bonds is 2. The van der Waals surface area contributed by atoms with Crippen LogP contribution in [0.1, 0.15) is 54.2 Å². The number of aryl methyl sites for hydroxylation is 1. The molecular formula is C22H23N3O5. The van der Waals surface area contributed by atoms with E-state index < -0.39 is 23.6 Å². The predicted octanol–water partition coefficient (Wildman–Crippen LogP) is 3.04. The van der Waals surface area contributed by atoms with E-state index in [4.69, 9.17) is 4.74 Å². The average Bonchev–Trinajstić information content (AvgIpc) is 3.02. The maximum Gasteiger partial charge on any atom is 0.337 e. The third-order valence-electron chi connectivity index (χ3n) is 4.42. The second-order valence-electron chi connectivity index (χ2n) is 7.81. The number of nitrogens with zero attached hydrogens (tertiary/aromatic N) is 2. The highest BCUT2D eigenvalue weighted by molar-refractivity contribution is 5.89. The summed E-state index contributed by atoms with van der Waals surface area (Å²) in [6, 6.07) is 9.39. The number of esters is 2. The Hall–Kier alpha value is -3.57. The lowest BCUT2D eigenvalue weighted by molar-refractivity contribution is -0.143. The minimum Gasteiger partial charge on any atom is -0.465 e. The lowest BCUT2D eigenvalue weighted by atomic mass is 9.97. The first-order chi connectivity index (χ1) is 14.1. The van der Waals surface area contributed by atoms with Crippen LogP contribution >= 0.6 is 0 Å². The summed E-state index contributed by atoms with van der Waals surface area (Å²) in [6.07, 6.45) is 0.223. The Bertz CT molecular complexity index is 1070. The number of fused-ring (bicyclic) bond motifs is 1. The van der Waals surface area contributed by atoms with Crippen LogP contribution in [0.5, 0.6) is 5.75 Å². The molecule has 1 unspecified atom stereocenters. The maximum atomic E-state index is 12.3. The first kappa shape index (κ1) is 21.1. The first-order valence-electron chi connectivity index (χ1n) is 9.27. The van der Waals surface area contributed by atoms with Crippen LogP contribution in [-0.2, 0) is 9.53 Å². The summed E-state index contributed by atoms with van der Waals surface area (Å²) in [4.78, 5) is 32.4. The van der Waals surface area contributed by atoms with Crippen molar-refractivity contribution >= 4 is 24.1 Å². The summed E-state index contributed by atoms with van der Waals surface area (Å²) in [6.45, 7) is 7.00. The number of benzene rings is 1. The van der Waals surface area contributed by atoms with E-state index in [0.717, 1.165) is 0 Å². The number of ether oxygens (including phenoxy) is 2. The fraction of sp³-hybridized carbons (Fsp3) is 0.318. The van der Waals surface area contributed by atoms with Gasteiger partial charge in [0.1, 0.15) is 12.2 Å². The Balaban J connectivity index is 1.84. The molecular weight excluding hydrogens is 386 g/mol. The van der Waals surface area contributed by atoms with E-state index in [9.17, 15) is 14.7 Å². The SMILES string of the molecule is COC(=O)c1ccc(C#CN2C=Nc3[nH]c(C)c(OC(=O)C(C)(C)C)c3C2O)cc1. The van der Waals surface area contributed by atoms with Crippen LogP contribution in [0.2, 0.25) is 0 Å². The Labute approximate surface area is 174 Å². The van der Waals surface area contributed by atoms with Crippen LogP contribution < -0.4 is 4.74 Å². The summed E-state index contributed by atoms with van der Waals surface area (Å²) in [5.74, 6) is 2.72. The summed E-state index contributed by atoms with van der Waals surface area (Å²) in [5, 5.41) is 10.8. The highest BCUT2D eigenvalue weighted by Gasteiger charge is 2.33. The van der Waals surface area contributed by atoms with Crippen molar-refractivity contribution in [3.05, 3.63) is 46.6 Å². The number of aliphatic hydroxyl groups excluding tert-OH is 1. The number of H-pyrrole nitrogens is 1. The fourth-order valence-corrected chi connectivity index (χ4v) is 2.68. The first-order valence-corrected chi connectivity index (χ1v) is 9.27. The number of nitrogens with one attached hydrogen (secondary N) is 1. The van der Waals surface area contributed by atoms with E-state index >= 15 is 0 Å². The van der Waals surface area contributed by atoms with E-state index in [0.29, 0.717) is 28.2 Å². The van der Waals surface area contributed by atoms with Gasteiger partial charge in [-0.2, -0.15) is 0 Å². The molecule has 1 aromatic carbocycles. The number of aliphatic hydroxyl groups is 1. The molecule has 2 aromatic rings. The van der Waals surface area contributed by atoms with Crippen molar-refractivity contribution < 1.29 is 24.2 Å². The summed E-state index contributed by atoms with van der Waals surface area (Å²) >= 11 is 0. The molecule has 156 valence electrons. The number of hydrogen-bond acceptors (Lipinski definition) is 7. The maximum absolute atomic E-state index is 12.3. The van der Waals surface area contributed by atoms with Crippen LogP contribution in [0.3, 0.4) is 0 Å². The summed E-state index contributed by atoms with van der Waals surface area (Å²) < 4.78 is 10.2. The molecule has 0 radical (unpaired) electrons. The quantitative estimate of drug-likeness (QED) is 0.584. The fourth-order valence-electron chi connectivity index (χ4n) is 2.68. The number of aliphatic imine (C=N–C) groups is 1. The highest BCUT2D eigenvalue weighted by atomic mass is 16.5. The van der Waals surface area contributed by atoms with Gasteiger partial charge < -0.3 is 19.6 Å². The molecule has 0 spiro atoms. The standard InChI is InChI=1S/C22H23N3O5/c1-13-17(30-21(28)22(2,3)4)16-18(24-13)23-12-25(19(16)26)11-10-14-6-8-15(9-7-14)20(27)29-5/h6-9,12,19,24,26H,1-5H3. The monoisotopic (exact) mass is 409 g/mol. The van der Waals surface area contributed by atoms with Gasteiger partial charge in [0.25, 0.3) is 0 Å². The average molecular weight is 409 g/mol. The van der Waals surface area contributed by atoms with Gasteiger partial charge in [0, 0.05) is 11.6 Å². The molecule has 0 saturated carbocycles. The normalized spacial score (nSPS) is 15.1. The number of methoxy groups -OCH3 is 1. The molecule has 1 aromatic heterocycles. The smallest absolute Gasteiger partial charge is 0.337 e. The second kappa shape index (κ2) is 8.05. The third-order valence-corrected chi connectivity index (χ3v) is 4.42. The minimum absolute atomic E-state index is 0.253. The zero-order chi connectivity index (χ0) is 22.1. The lowest BCUT2D eigenvalue weighted by Crippen LogP contribution is -2.28. The van der Waals surface area contributed by atoms with Crippen molar-refractivity contribution in [1.82, 2.24) is 9.88 Å². The van der Waals surface area contributed by atoms with E-state index in [-0.39, 0.29) is 5.75 Å². The largest absolute Gasteiger partial charge is 0.465 e. The highest BCUT2D eigenvalue weighted by Crippen LogP contribution is 2.41. The molecule has 1 aliphatic rings. The van der Waals surface area contributed by atoms with Crippen molar-refractivity contribution in [2.45, 2.75) is 33.9 Å². The van der Waals surface area contributed by atoms with Crippen LogP contribution in [0.4, 0.5) is 5.82 Å². The van der Waals surface area contributed by atoms with Crippen LogP contribution in [0.25, 0.3) is 0 Å². The van der Waals surface area contributed by atoms with E-state index in [1.165, 1.54) is 18.3 Å². The van der Waals surface area contributed by atoms with Gasteiger partial charge in [-0.05, 0) is 57.9 Å². The molecule has 2 N–H and O–H groups in total. The minimum atomic E-state index is -1.17. The molecule has 0 saturated heterocycles. The zero-order valence-electron chi connectivity index (χ0n) is 17.4. The van der Waals surface area contributed by atoms with E-state index in [1.54, 1.807) is 52.0 Å². The Morgan fingerprint density at radius 1 is 1.23 bits per heavy atom. The topological polar surface area (TPSA) is 104 Å². The van der Waals surface area contributed by atoms with Crippen molar-refractivity contribution in [3.63, 3.8) is 0 Å². The van der Waals surface area contributed by atoms with Crippen LogP contribution in [0.15, 0.2) is 29.3 Å². The number of aromatic amines is 1. The molecule has 8 heteroatoms. The van der Waals surface area contributed by atoms with Gasteiger partial charge in [-0.1, -0.05) is 0 Å². The van der Waals surface area contributed by atoms with Crippen molar-refractivity contribution in [2.75, 3.05) is 7.11 Å². The zero-order valence-corrected chi connectivity index (χ0v) is 17.4. The molecule has 0 fully saturated rings. The third kappa shape index (κ3) is 4.21.